The number of fused-ring (bicyclic) bond motifs is 3. The maximum absolute atomic E-state index is 14.8. The lowest BCUT2D eigenvalue weighted by Crippen LogP contribution is -2.52. The Morgan fingerprint density at radius 3 is 2.31 bits per heavy atom. The summed E-state index contributed by atoms with van der Waals surface area (Å²) in [6.07, 6.45) is -4.22. The summed E-state index contributed by atoms with van der Waals surface area (Å²) in [4.78, 5) is 3.55. The van der Waals surface area contributed by atoms with Crippen molar-refractivity contribution in [2.75, 3.05) is 29.5 Å². The third-order valence-electron chi connectivity index (χ3n) is 7.72. The van der Waals surface area contributed by atoms with Crippen LogP contribution in [0.25, 0.3) is 5.69 Å². The van der Waals surface area contributed by atoms with Gasteiger partial charge in [-0.05, 0) is 48.7 Å². The fraction of sp³-hybridized carbons (Fsp3) is 0.440. The molecule has 0 saturated carbocycles. The molecule has 2 saturated heterocycles. The van der Waals surface area contributed by atoms with Crippen molar-refractivity contribution in [3.63, 3.8) is 0 Å². The van der Waals surface area contributed by atoms with Crippen LogP contribution in [0.1, 0.15) is 41.5 Å². The SMILES string of the molecule is O=S1(=O)CC(N2Cc3cc(Cl)ccc3-n3c(nnc3C3CCN(c4ccc(F)c(C(F)(F)F)c4F)CC3)C2)C1. The van der Waals surface area contributed by atoms with Crippen molar-refractivity contribution in [1.82, 2.24) is 19.7 Å². The number of benzene rings is 2. The van der Waals surface area contributed by atoms with E-state index in [1.807, 2.05) is 16.7 Å². The van der Waals surface area contributed by atoms with Gasteiger partial charge in [-0.3, -0.25) is 9.47 Å². The zero-order valence-corrected chi connectivity index (χ0v) is 22.0. The van der Waals surface area contributed by atoms with E-state index in [0.29, 0.717) is 48.7 Å². The number of hydrogen-bond donors (Lipinski definition) is 0. The summed E-state index contributed by atoms with van der Waals surface area (Å²) in [6, 6.07) is 7.02. The number of hydrogen-bond acceptors (Lipinski definition) is 6. The Labute approximate surface area is 226 Å². The smallest absolute Gasteiger partial charge is 0.369 e. The van der Waals surface area contributed by atoms with E-state index in [2.05, 4.69) is 15.1 Å². The summed E-state index contributed by atoms with van der Waals surface area (Å²) < 4.78 is 93.8. The van der Waals surface area contributed by atoms with E-state index in [-0.39, 0.29) is 42.2 Å². The molecule has 0 atom stereocenters. The number of nitrogens with zero attached hydrogens (tertiary/aromatic N) is 5. The van der Waals surface area contributed by atoms with Crippen molar-refractivity contribution < 1.29 is 30.4 Å². The summed E-state index contributed by atoms with van der Waals surface area (Å²) in [5, 5.41) is 9.44. The molecule has 208 valence electrons. The quantitative estimate of drug-likeness (QED) is 0.413. The van der Waals surface area contributed by atoms with Crippen LogP contribution in [0, 0.1) is 11.6 Å². The average molecular weight is 588 g/mol. The highest BCUT2D eigenvalue weighted by Crippen LogP contribution is 2.40. The van der Waals surface area contributed by atoms with Gasteiger partial charge in [0.2, 0.25) is 0 Å². The summed E-state index contributed by atoms with van der Waals surface area (Å²) >= 11 is 6.29. The largest absolute Gasteiger partial charge is 0.422 e. The van der Waals surface area contributed by atoms with Crippen molar-refractivity contribution in [3.05, 3.63) is 69.8 Å². The van der Waals surface area contributed by atoms with Gasteiger partial charge in [0.15, 0.2) is 21.5 Å². The van der Waals surface area contributed by atoms with Crippen LogP contribution in [0.5, 0.6) is 0 Å². The van der Waals surface area contributed by atoms with Gasteiger partial charge in [0.1, 0.15) is 17.2 Å². The molecular weight excluding hydrogens is 565 g/mol. The van der Waals surface area contributed by atoms with Crippen LogP contribution in [0.4, 0.5) is 27.6 Å². The summed E-state index contributed by atoms with van der Waals surface area (Å²) in [5.41, 5.74) is -0.435. The number of alkyl halides is 3. The lowest BCUT2D eigenvalue weighted by Gasteiger charge is -2.35. The maximum Gasteiger partial charge on any atom is 0.422 e. The van der Waals surface area contributed by atoms with Gasteiger partial charge < -0.3 is 4.90 Å². The Hall–Kier alpha value is -2.77. The number of aromatic nitrogens is 3. The Balaban J connectivity index is 1.28. The molecule has 2 aromatic carbocycles. The number of halogens is 6. The summed E-state index contributed by atoms with van der Waals surface area (Å²) in [7, 11) is -3.04. The van der Waals surface area contributed by atoms with Crippen molar-refractivity contribution in [2.24, 2.45) is 0 Å². The zero-order valence-electron chi connectivity index (χ0n) is 20.4. The topological polar surface area (TPSA) is 71.3 Å². The van der Waals surface area contributed by atoms with Crippen LogP contribution >= 0.6 is 11.6 Å². The van der Waals surface area contributed by atoms with Crippen LogP contribution in [0.15, 0.2) is 30.3 Å². The second kappa shape index (κ2) is 9.41. The van der Waals surface area contributed by atoms with Crippen LogP contribution in [0.3, 0.4) is 0 Å². The van der Waals surface area contributed by atoms with Gasteiger partial charge in [-0.25, -0.2) is 17.2 Å². The van der Waals surface area contributed by atoms with Crippen molar-refractivity contribution >= 4 is 27.1 Å². The maximum atomic E-state index is 14.8. The second-order valence-corrected chi connectivity index (χ2v) is 12.8. The second-order valence-electron chi connectivity index (χ2n) is 10.2. The Morgan fingerprint density at radius 1 is 0.949 bits per heavy atom. The van der Waals surface area contributed by atoms with E-state index in [1.165, 1.54) is 4.90 Å². The Kier molecular flexibility index (Phi) is 6.38. The molecule has 0 amide bonds. The standard InChI is InChI=1S/C25H23ClF5N5O2S/c26-16-1-3-19-15(9-16)10-35(17-12-39(37,38)13-17)11-21-32-33-24(36(19)21)14-5-7-34(8-6-14)20-4-2-18(27)22(23(20)28)25(29,30)31/h1-4,9,14,17H,5-8,10-13H2. The predicted molar refractivity (Wildman–Crippen MR) is 134 cm³/mol. The molecule has 0 spiro atoms. The molecule has 0 aliphatic carbocycles. The monoisotopic (exact) mass is 587 g/mol. The summed E-state index contributed by atoms with van der Waals surface area (Å²) in [6.45, 7) is 1.36. The highest BCUT2D eigenvalue weighted by atomic mass is 35.5. The molecule has 14 heteroatoms. The van der Waals surface area contributed by atoms with Crippen LogP contribution in [-0.4, -0.2) is 58.7 Å². The van der Waals surface area contributed by atoms with Gasteiger partial charge in [0, 0.05) is 36.6 Å². The molecule has 0 unspecified atom stereocenters. The highest BCUT2D eigenvalue weighted by Gasteiger charge is 2.41. The number of rotatable bonds is 3. The molecule has 0 radical (unpaired) electrons. The van der Waals surface area contributed by atoms with E-state index in [9.17, 15) is 30.4 Å². The zero-order chi connectivity index (χ0) is 27.7. The minimum absolute atomic E-state index is 0.0817. The van der Waals surface area contributed by atoms with Crippen molar-refractivity contribution in [2.45, 2.75) is 44.1 Å². The molecule has 39 heavy (non-hydrogen) atoms. The fourth-order valence-electron chi connectivity index (χ4n) is 5.75. The van der Waals surface area contributed by atoms with Crippen molar-refractivity contribution in [3.8, 4) is 5.69 Å². The first kappa shape index (κ1) is 26.5. The van der Waals surface area contributed by atoms with Gasteiger partial charge in [-0.15, -0.1) is 10.2 Å². The number of anilines is 1. The van der Waals surface area contributed by atoms with E-state index >= 15 is 0 Å². The lowest BCUT2D eigenvalue weighted by molar-refractivity contribution is -0.142. The first-order valence-corrected chi connectivity index (χ1v) is 14.6. The minimum Gasteiger partial charge on any atom is -0.369 e. The van der Waals surface area contributed by atoms with Gasteiger partial charge in [-0.1, -0.05) is 11.6 Å². The van der Waals surface area contributed by atoms with Gasteiger partial charge in [-0.2, -0.15) is 13.2 Å². The van der Waals surface area contributed by atoms with Crippen LogP contribution in [-0.2, 0) is 29.1 Å². The molecule has 3 aromatic rings. The molecule has 3 aliphatic heterocycles. The van der Waals surface area contributed by atoms with Crippen molar-refractivity contribution in [1.29, 1.82) is 0 Å². The van der Waals surface area contributed by atoms with E-state index < -0.39 is 33.2 Å². The van der Waals surface area contributed by atoms with Gasteiger partial charge >= 0.3 is 6.18 Å². The number of sulfone groups is 1. The lowest BCUT2D eigenvalue weighted by atomic mass is 9.95. The van der Waals surface area contributed by atoms with Gasteiger partial charge in [0.25, 0.3) is 0 Å². The van der Waals surface area contributed by atoms with E-state index in [1.54, 1.807) is 6.07 Å². The minimum atomic E-state index is -5.14. The molecule has 1 aromatic heterocycles. The molecule has 0 N–H and O–H groups in total. The van der Waals surface area contributed by atoms with E-state index in [0.717, 1.165) is 17.3 Å². The Morgan fingerprint density at radius 2 is 1.64 bits per heavy atom. The highest BCUT2D eigenvalue weighted by molar-refractivity contribution is 7.92. The van der Waals surface area contributed by atoms with Crippen LogP contribution in [0.2, 0.25) is 5.02 Å². The first-order chi connectivity index (χ1) is 18.4. The summed E-state index contributed by atoms with van der Waals surface area (Å²) in [5.74, 6) is -1.88. The Bertz CT molecular complexity index is 1540. The number of piperidine rings is 1. The molecule has 3 aliphatic rings. The molecule has 2 fully saturated rings. The normalized spacial score (nSPS) is 20.3. The predicted octanol–water partition coefficient (Wildman–Crippen LogP) is 4.71. The third-order valence-corrected chi connectivity index (χ3v) is 9.74. The van der Waals surface area contributed by atoms with E-state index in [4.69, 9.17) is 11.6 Å². The third kappa shape index (κ3) is 4.78. The molecule has 4 heterocycles. The molecular formula is C25H23ClF5N5O2S. The molecule has 0 bridgehead atoms. The fourth-order valence-corrected chi connectivity index (χ4v) is 7.44. The molecule has 6 rings (SSSR count). The van der Waals surface area contributed by atoms with Crippen LogP contribution < -0.4 is 4.90 Å². The molecule has 7 nitrogen and oxygen atoms in total. The van der Waals surface area contributed by atoms with Gasteiger partial charge in [0.05, 0.1) is 29.4 Å². The first-order valence-electron chi connectivity index (χ1n) is 12.4. The average Bonchev–Trinajstić information content (AvgIpc) is 3.18.